The van der Waals surface area contributed by atoms with E-state index in [0.717, 1.165) is 11.8 Å². The van der Waals surface area contributed by atoms with E-state index in [4.69, 9.17) is 5.11 Å². The van der Waals surface area contributed by atoms with E-state index < -0.39 is 5.97 Å². The molecule has 0 atom stereocenters. The second kappa shape index (κ2) is 3.16. The predicted octanol–water partition coefficient (Wildman–Crippen LogP) is -0.624. The fourth-order valence-corrected chi connectivity index (χ4v) is 0.797. The van der Waals surface area contributed by atoms with Crippen molar-refractivity contribution in [2.45, 2.75) is 5.16 Å². The number of aromatic amines is 1. The Morgan fingerprint density at radius 2 is 2.60 bits per heavy atom. The Labute approximate surface area is 60.0 Å². The maximum absolute atomic E-state index is 9.99. The molecule has 0 spiro atoms. The molecule has 1 aromatic rings. The highest BCUT2D eigenvalue weighted by Crippen LogP contribution is 2.07. The Bertz CT molecular complexity index is 210. The molecule has 0 aliphatic rings. The molecule has 0 bridgehead atoms. The summed E-state index contributed by atoms with van der Waals surface area (Å²) in [6, 6.07) is 0. The molecule has 54 valence electrons. The van der Waals surface area contributed by atoms with Gasteiger partial charge in [-0.25, -0.2) is 0 Å². The first kappa shape index (κ1) is 7.00. The minimum atomic E-state index is -0.894. The number of hydrogen-bond donors (Lipinski definition) is 2. The quantitative estimate of drug-likeness (QED) is 0.572. The van der Waals surface area contributed by atoms with Gasteiger partial charge in [-0.2, -0.15) is 5.21 Å². The molecule has 6 nitrogen and oxygen atoms in total. The SMILES string of the molecule is O=C(O)CSc1nn[nH]n1. The van der Waals surface area contributed by atoms with Crippen LogP contribution in [-0.2, 0) is 4.79 Å². The van der Waals surface area contributed by atoms with Crippen molar-refractivity contribution < 1.29 is 9.90 Å². The molecule has 0 fully saturated rings. The van der Waals surface area contributed by atoms with Gasteiger partial charge in [0.1, 0.15) is 0 Å². The first-order valence-corrected chi connectivity index (χ1v) is 3.35. The molecule has 0 aliphatic carbocycles. The summed E-state index contributed by atoms with van der Waals surface area (Å²) in [4.78, 5) is 9.99. The van der Waals surface area contributed by atoms with E-state index in [1.807, 2.05) is 0 Å². The third kappa shape index (κ3) is 2.02. The van der Waals surface area contributed by atoms with Gasteiger partial charge >= 0.3 is 5.97 Å². The molecule has 1 rings (SSSR count). The van der Waals surface area contributed by atoms with Crippen LogP contribution in [0.5, 0.6) is 0 Å². The summed E-state index contributed by atoms with van der Waals surface area (Å²) < 4.78 is 0. The van der Waals surface area contributed by atoms with E-state index in [1.54, 1.807) is 0 Å². The number of carbonyl (C=O) groups is 1. The van der Waals surface area contributed by atoms with Gasteiger partial charge in [-0.05, 0) is 5.21 Å². The van der Waals surface area contributed by atoms with Crippen molar-refractivity contribution in [2.24, 2.45) is 0 Å². The van der Waals surface area contributed by atoms with Crippen LogP contribution in [-0.4, -0.2) is 37.5 Å². The third-order valence-electron chi connectivity index (χ3n) is 0.651. The Balaban J connectivity index is 2.35. The molecular formula is C3H4N4O2S. The number of hydrogen-bond acceptors (Lipinski definition) is 5. The van der Waals surface area contributed by atoms with Gasteiger partial charge in [-0.1, -0.05) is 11.8 Å². The number of thioether (sulfide) groups is 1. The standard InChI is InChI=1S/C3H4N4O2S/c8-2(9)1-10-3-4-6-7-5-3/h1H2,(H,8,9)(H,4,5,6,7). The lowest BCUT2D eigenvalue weighted by atomic mass is 10.8. The summed E-state index contributed by atoms with van der Waals surface area (Å²) in [5.74, 6) is -0.936. The lowest BCUT2D eigenvalue weighted by molar-refractivity contribution is -0.133. The average Bonchev–Trinajstić information content (AvgIpc) is 2.34. The van der Waals surface area contributed by atoms with Gasteiger partial charge in [0.2, 0.25) is 5.16 Å². The largest absolute Gasteiger partial charge is 0.481 e. The van der Waals surface area contributed by atoms with Crippen molar-refractivity contribution in [1.29, 1.82) is 0 Å². The number of aliphatic carboxylic acids is 1. The van der Waals surface area contributed by atoms with E-state index >= 15 is 0 Å². The molecule has 0 radical (unpaired) electrons. The number of rotatable bonds is 3. The Kier molecular flexibility index (Phi) is 2.21. The minimum Gasteiger partial charge on any atom is -0.481 e. The number of carboxylic acids is 1. The summed E-state index contributed by atoms with van der Waals surface area (Å²) in [5.41, 5.74) is 0. The summed E-state index contributed by atoms with van der Waals surface area (Å²) in [6.45, 7) is 0. The van der Waals surface area contributed by atoms with Gasteiger partial charge < -0.3 is 5.11 Å². The van der Waals surface area contributed by atoms with Crippen molar-refractivity contribution in [3.8, 4) is 0 Å². The van der Waals surface area contributed by atoms with Crippen molar-refractivity contribution in [3.63, 3.8) is 0 Å². The third-order valence-corrected chi connectivity index (χ3v) is 1.47. The maximum atomic E-state index is 9.99. The fourth-order valence-electron chi connectivity index (χ4n) is 0.340. The second-order valence-electron chi connectivity index (χ2n) is 1.38. The van der Waals surface area contributed by atoms with E-state index in [2.05, 4.69) is 20.6 Å². The molecule has 1 aromatic heterocycles. The summed E-state index contributed by atoms with van der Waals surface area (Å²) in [5, 5.41) is 21.1. The lowest BCUT2D eigenvalue weighted by Gasteiger charge is -1.85. The zero-order valence-corrected chi connectivity index (χ0v) is 5.63. The molecular weight excluding hydrogens is 156 g/mol. The van der Waals surface area contributed by atoms with Crippen LogP contribution in [0.15, 0.2) is 5.16 Å². The average molecular weight is 160 g/mol. The molecule has 7 heteroatoms. The van der Waals surface area contributed by atoms with Crippen molar-refractivity contribution in [3.05, 3.63) is 0 Å². The van der Waals surface area contributed by atoms with Crippen LogP contribution < -0.4 is 0 Å². The summed E-state index contributed by atoms with van der Waals surface area (Å²) in [6.07, 6.45) is 0. The summed E-state index contributed by atoms with van der Waals surface area (Å²) in [7, 11) is 0. The summed E-state index contributed by atoms with van der Waals surface area (Å²) >= 11 is 1.02. The molecule has 0 aliphatic heterocycles. The van der Waals surface area contributed by atoms with Crippen molar-refractivity contribution in [1.82, 2.24) is 20.6 Å². The van der Waals surface area contributed by atoms with E-state index in [9.17, 15) is 4.79 Å². The normalized spacial score (nSPS) is 9.60. The van der Waals surface area contributed by atoms with E-state index in [-0.39, 0.29) is 5.75 Å². The first-order chi connectivity index (χ1) is 4.79. The topological polar surface area (TPSA) is 91.8 Å². The van der Waals surface area contributed by atoms with Crippen LogP contribution in [0.25, 0.3) is 0 Å². The van der Waals surface area contributed by atoms with E-state index in [0.29, 0.717) is 5.16 Å². The van der Waals surface area contributed by atoms with Gasteiger partial charge in [0, 0.05) is 0 Å². The Morgan fingerprint density at radius 3 is 3.10 bits per heavy atom. The number of aromatic nitrogens is 4. The van der Waals surface area contributed by atoms with Crippen molar-refractivity contribution >= 4 is 17.7 Å². The van der Waals surface area contributed by atoms with Gasteiger partial charge in [0.25, 0.3) is 0 Å². The molecule has 1 heterocycles. The number of carboxylic acid groups (broad SMARTS) is 1. The van der Waals surface area contributed by atoms with Crippen molar-refractivity contribution in [2.75, 3.05) is 5.75 Å². The van der Waals surface area contributed by atoms with Gasteiger partial charge in [-0.15, -0.1) is 10.2 Å². The highest BCUT2D eigenvalue weighted by molar-refractivity contribution is 7.99. The monoisotopic (exact) mass is 160 g/mol. The van der Waals surface area contributed by atoms with Crippen LogP contribution >= 0.6 is 11.8 Å². The lowest BCUT2D eigenvalue weighted by Crippen LogP contribution is -1.97. The highest BCUT2D eigenvalue weighted by atomic mass is 32.2. The van der Waals surface area contributed by atoms with Gasteiger partial charge in [0.05, 0.1) is 5.75 Å². The molecule has 0 saturated carbocycles. The molecule has 0 aromatic carbocycles. The molecule has 0 unspecified atom stereocenters. The second-order valence-corrected chi connectivity index (χ2v) is 2.32. The number of nitrogens with zero attached hydrogens (tertiary/aromatic N) is 3. The van der Waals surface area contributed by atoms with Crippen LogP contribution in [0.2, 0.25) is 0 Å². The predicted molar refractivity (Wildman–Crippen MR) is 32.5 cm³/mol. The molecule has 0 amide bonds. The Morgan fingerprint density at radius 1 is 1.80 bits per heavy atom. The smallest absolute Gasteiger partial charge is 0.313 e. The van der Waals surface area contributed by atoms with Crippen LogP contribution in [0.4, 0.5) is 0 Å². The van der Waals surface area contributed by atoms with Gasteiger partial charge in [-0.3, -0.25) is 4.79 Å². The van der Waals surface area contributed by atoms with Gasteiger partial charge in [0.15, 0.2) is 0 Å². The fraction of sp³-hybridized carbons (Fsp3) is 0.333. The first-order valence-electron chi connectivity index (χ1n) is 2.37. The number of tetrazole rings is 1. The minimum absolute atomic E-state index is 0.0421. The molecule has 10 heavy (non-hydrogen) atoms. The number of nitrogens with one attached hydrogen (secondary N) is 1. The van der Waals surface area contributed by atoms with E-state index in [1.165, 1.54) is 0 Å². The highest BCUT2D eigenvalue weighted by Gasteiger charge is 2.01. The zero-order chi connectivity index (χ0) is 7.40. The molecule has 0 saturated heterocycles. The molecule has 2 N–H and O–H groups in total. The zero-order valence-electron chi connectivity index (χ0n) is 4.81. The maximum Gasteiger partial charge on any atom is 0.313 e. The van der Waals surface area contributed by atoms with Crippen LogP contribution in [0.3, 0.4) is 0 Å². The Hall–Kier alpha value is -1.11. The van der Waals surface area contributed by atoms with Crippen LogP contribution in [0.1, 0.15) is 0 Å². The van der Waals surface area contributed by atoms with Crippen LogP contribution in [0, 0.1) is 0 Å². The number of H-pyrrole nitrogens is 1.